The standard InChI is InChI=1S/C16H15BrN4/c17-14-6-7-16(19-8-9-21-12-18-11-20-21)15(10-14)13-4-2-1-3-5-13/h1-7,10-12,19H,8-9H2. The van der Waals surface area contributed by atoms with E-state index in [2.05, 4.69) is 67.7 Å². The van der Waals surface area contributed by atoms with Gasteiger partial charge < -0.3 is 5.32 Å². The van der Waals surface area contributed by atoms with E-state index in [9.17, 15) is 0 Å². The molecule has 1 N–H and O–H groups in total. The van der Waals surface area contributed by atoms with Crippen molar-refractivity contribution in [3.8, 4) is 11.1 Å². The lowest BCUT2D eigenvalue weighted by molar-refractivity contribution is 0.636. The first kappa shape index (κ1) is 13.8. The number of hydrogen-bond acceptors (Lipinski definition) is 3. The molecular weight excluding hydrogens is 328 g/mol. The number of nitrogens with zero attached hydrogens (tertiary/aromatic N) is 3. The minimum atomic E-state index is 0.782. The number of rotatable bonds is 5. The summed E-state index contributed by atoms with van der Waals surface area (Å²) < 4.78 is 2.89. The summed E-state index contributed by atoms with van der Waals surface area (Å²) in [4.78, 5) is 3.94. The molecule has 1 heterocycles. The average molecular weight is 343 g/mol. The van der Waals surface area contributed by atoms with Gasteiger partial charge in [-0.15, -0.1) is 0 Å². The van der Waals surface area contributed by atoms with Crippen LogP contribution in [0.15, 0.2) is 65.7 Å². The van der Waals surface area contributed by atoms with Gasteiger partial charge in [0.25, 0.3) is 0 Å². The highest BCUT2D eigenvalue weighted by Crippen LogP contribution is 2.30. The predicted octanol–water partition coefficient (Wildman–Crippen LogP) is 3.82. The van der Waals surface area contributed by atoms with E-state index in [1.165, 1.54) is 11.1 Å². The largest absolute Gasteiger partial charge is 0.383 e. The summed E-state index contributed by atoms with van der Waals surface area (Å²) in [6, 6.07) is 16.6. The molecule has 3 aromatic rings. The molecule has 3 rings (SSSR count). The van der Waals surface area contributed by atoms with Crippen LogP contribution in [0, 0.1) is 0 Å². The lowest BCUT2D eigenvalue weighted by Crippen LogP contribution is -2.11. The van der Waals surface area contributed by atoms with Gasteiger partial charge >= 0.3 is 0 Å². The van der Waals surface area contributed by atoms with Gasteiger partial charge in [0.15, 0.2) is 0 Å². The minimum absolute atomic E-state index is 0.782. The molecule has 0 fully saturated rings. The van der Waals surface area contributed by atoms with Gasteiger partial charge in [0.1, 0.15) is 12.7 Å². The van der Waals surface area contributed by atoms with Crippen molar-refractivity contribution in [1.82, 2.24) is 14.8 Å². The molecule has 0 spiro atoms. The Morgan fingerprint density at radius 1 is 1.10 bits per heavy atom. The molecule has 5 heteroatoms. The summed E-state index contributed by atoms with van der Waals surface area (Å²) in [5.41, 5.74) is 3.50. The van der Waals surface area contributed by atoms with Crippen LogP contribution in [-0.4, -0.2) is 21.3 Å². The van der Waals surface area contributed by atoms with Crippen LogP contribution in [0.4, 0.5) is 5.69 Å². The first-order chi connectivity index (χ1) is 10.3. The normalized spacial score (nSPS) is 10.5. The number of aromatic nitrogens is 3. The topological polar surface area (TPSA) is 42.7 Å². The lowest BCUT2D eigenvalue weighted by atomic mass is 10.0. The van der Waals surface area contributed by atoms with Crippen molar-refractivity contribution in [2.45, 2.75) is 6.54 Å². The first-order valence-electron chi connectivity index (χ1n) is 6.74. The third kappa shape index (κ3) is 3.49. The SMILES string of the molecule is Brc1ccc(NCCn2cncn2)c(-c2ccccc2)c1. The van der Waals surface area contributed by atoms with Crippen LogP contribution in [0.25, 0.3) is 11.1 Å². The van der Waals surface area contributed by atoms with Crippen molar-refractivity contribution >= 4 is 21.6 Å². The zero-order chi connectivity index (χ0) is 14.5. The molecule has 2 aromatic carbocycles. The van der Waals surface area contributed by atoms with Gasteiger partial charge in [-0.2, -0.15) is 5.10 Å². The summed E-state index contributed by atoms with van der Waals surface area (Å²) in [7, 11) is 0. The van der Waals surface area contributed by atoms with Crippen LogP contribution in [0.5, 0.6) is 0 Å². The Balaban J connectivity index is 1.78. The van der Waals surface area contributed by atoms with Crippen molar-refractivity contribution in [3.05, 3.63) is 65.7 Å². The Labute approximate surface area is 132 Å². The van der Waals surface area contributed by atoms with Crippen LogP contribution in [-0.2, 0) is 6.54 Å². The maximum atomic E-state index is 4.10. The van der Waals surface area contributed by atoms with E-state index in [4.69, 9.17) is 0 Å². The molecule has 0 saturated carbocycles. The van der Waals surface area contributed by atoms with Gasteiger partial charge in [0.2, 0.25) is 0 Å². The summed E-state index contributed by atoms with van der Waals surface area (Å²) in [5, 5.41) is 7.57. The van der Waals surface area contributed by atoms with Crippen LogP contribution < -0.4 is 5.32 Å². The van der Waals surface area contributed by atoms with Crippen LogP contribution >= 0.6 is 15.9 Å². The Hall–Kier alpha value is -2.14. The molecule has 1 aromatic heterocycles. The van der Waals surface area contributed by atoms with E-state index in [0.29, 0.717) is 0 Å². The molecular formula is C16H15BrN4. The Bertz CT molecular complexity index is 696. The molecule has 0 atom stereocenters. The van der Waals surface area contributed by atoms with Crippen LogP contribution in [0.3, 0.4) is 0 Å². The number of benzene rings is 2. The number of halogens is 1. The molecule has 0 aliphatic carbocycles. The highest BCUT2D eigenvalue weighted by molar-refractivity contribution is 9.10. The van der Waals surface area contributed by atoms with E-state index < -0.39 is 0 Å². The first-order valence-corrected chi connectivity index (χ1v) is 7.53. The van der Waals surface area contributed by atoms with Crippen molar-refractivity contribution < 1.29 is 0 Å². The van der Waals surface area contributed by atoms with Crippen LogP contribution in [0.1, 0.15) is 0 Å². The third-order valence-corrected chi connectivity index (χ3v) is 3.68. The number of nitrogens with one attached hydrogen (secondary N) is 1. The zero-order valence-corrected chi connectivity index (χ0v) is 13.0. The molecule has 106 valence electrons. The Morgan fingerprint density at radius 3 is 2.71 bits per heavy atom. The Kier molecular flexibility index (Phi) is 4.31. The van der Waals surface area contributed by atoms with Crippen molar-refractivity contribution in [1.29, 1.82) is 0 Å². The quantitative estimate of drug-likeness (QED) is 0.766. The highest BCUT2D eigenvalue weighted by Gasteiger charge is 2.05. The summed E-state index contributed by atoms with van der Waals surface area (Å²) in [5.74, 6) is 0. The average Bonchev–Trinajstić information content (AvgIpc) is 3.03. The fourth-order valence-corrected chi connectivity index (χ4v) is 2.54. The van der Waals surface area contributed by atoms with Gasteiger partial charge in [-0.05, 0) is 23.8 Å². The summed E-state index contributed by atoms with van der Waals surface area (Å²) in [6.45, 7) is 1.58. The Morgan fingerprint density at radius 2 is 1.95 bits per heavy atom. The monoisotopic (exact) mass is 342 g/mol. The second-order valence-electron chi connectivity index (χ2n) is 4.64. The highest BCUT2D eigenvalue weighted by atomic mass is 79.9. The zero-order valence-electron chi connectivity index (χ0n) is 11.4. The summed E-state index contributed by atoms with van der Waals surface area (Å²) >= 11 is 3.54. The van der Waals surface area contributed by atoms with Crippen molar-refractivity contribution in [2.75, 3.05) is 11.9 Å². The van der Waals surface area contributed by atoms with Gasteiger partial charge in [0.05, 0.1) is 6.54 Å². The fraction of sp³-hybridized carbons (Fsp3) is 0.125. The van der Waals surface area contributed by atoms with E-state index in [1.807, 2.05) is 16.8 Å². The molecule has 0 amide bonds. The molecule has 4 nitrogen and oxygen atoms in total. The van der Waals surface area contributed by atoms with Crippen LogP contribution in [0.2, 0.25) is 0 Å². The second-order valence-corrected chi connectivity index (χ2v) is 5.56. The number of hydrogen-bond donors (Lipinski definition) is 1. The van der Waals surface area contributed by atoms with Crippen molar-refractivity contribution in [3.63, 3.8) is 0 Å². The fourth-order valence-electron chi connectivity index (χ4n) is 2.18. The third-order valence-electron chi connectivity index (χ3n) is 3.19. The maximum absolute atomic E-state index is 4.10. The molecule has 0 unspecified atom stereocenters. The number of anilines is 1. The van der Waals surface area contributed by atoms with Gasteiger partial charge in [-0.3, -0.25) is 4.68 Å². The van der Waals surface area contributed by atoms with E-state index in [1.54, 1.807) is 12.7 Å². The molecule has 0 aliphatic rings. The molecule has 0 aliphatic heterocycles. The summed E-state index contributed by atoms with van der Waals surface area (Å²) in [6.07, 6.45) is 3.27. The maximum Gasteiger partial charge on any atom is 0.137 e. The smallest absolute Gasteiger partial charge is 0.137 e. The second kappa shape index (κ2) is 6.54. The van der Waals surface area contributed by atoms with E-state index in [-0.39, 0.29) is 0 Å². The minimum Gasteiger partial charge on any atom is -0.383 e. The molecule has 0 saturated heterocycles. The molecule has 21 heavy (non-hydrogen) atoms. The van der Waals surface area contributed by atoms with E-state index >= 15 is 0 Å². The van der Waals surface area contributed by atoms with Gasteiger partial charge in [-0.25, -0.2) is 4.98 Å². The molecule has 0 bridgehead atoms. The lowest BCUT2D eigenvalue weighted by Gasteiger charge is -2.13. The van der Waals surface area contributed by atoms with E-state index in [0.717, 1.165) is 23.2 Å². The van der Waals surface area contributed by atoms with Gasteiger partial charge in [0, 0.05) is 22.3 Å². The van der Waals surface area contributed by atoms with Gasteiger partial charge in [-0.1, -0.05) is 46.3 Å². The molecule has 0 radical (unpaired) electrons. The predicted molar refractivity (Wildman–Crippen MR) is 88.1 cm³/mol. The van der Waals surface area contributed by atoms with Crippen molar-refractivity contribution in [2.24, 2.45) is 0 Å².